The van der Waals surface area contributed by atoms with Gasteiger partial charge in [0, 0.05) is 5.56 Å². The van der Waals surface area contributed by atoms with Crippen molar-refractivity contribution in [2.75, 3.05) is 13.2 Å². The molecule has 9 heteroatoms. The lowest BCUT2D eigenvalue weighted by atomic mass is 10.1. The molecule has 0 unspecified atom stereocenters. The van der Waals surface area contributed by atoms with Gasteiger partial charge in [0.05, 0.1) is 0 Å². The first-order chi connectivity index (χ1) is 14.3. The molecule has 0 radical (unpaired) electrons. The number of allylic oxidation sites excluding steroid dienone is 1. The molecule has 0 saturated heterocycles. The fourth-order valence-electron chi connectivity index (χ4n) is 2.88. The van der Waals surface area contributed by atoms with Gasteiger partial charge in [-0.15, -0.1) is 12.4 Å². The number of nitrogens with two attached hydrogens (primary N) is 2. The highest BCUT2D eigenvalue weighted by atomic mass is 35.5. The van der Waals surface area contributed by atoms with Gasteiger partial charge < -0.3 is 16.2 Å². The number of nitrogens with zero attached hydrogens (tertiary/aromatic N) is 3. The number of benzene rings is 2. The van der Waals surface area contributed by atoms with Gasteiger partial charge in [-0.2, -0.15) is 10.1 Å². The van der Waals surface area contributed by atoms with Gasteiger partial charge in [-0.3, -0.25) is 9.63 Å². The van der Waals surface area contributed by atoms with E-state index in [1.165, 1.54) is 5.06 Å². The van der Waals surface area contributed by atoms with Crippen LogP contribution in [0.4, 0.5) is 0 Å². The Labute approximate surface area is 187 Å². The first kappa shape index (κ1) is 23.9. The number of hydrogen-bond acceptors (Lipinski definition) is 8. The number of carbonyl (C=O) groups is 1. The summed E-state index contributed by atoms with van der Waals surface area (Å²) in [5.74, 6) is 0.865. The monoisotopic (exact) mass is 443 g/mol. The zero-order chi connectivity index (χ0) is 21.6. The van der Waals surface area contributed by atoms with Crippen LogP contribution in [0.25, 0.3) is 6.08 Å². The molecule has 1 aliphatic heterocycles. The molecule has 0 spiro atoms. The molecule has 1 heterocycles. The summed E-state index contributed by atoms with van der Waals surface area (Å²) in [6.45, 7) is 4.15. The van der Waals surface area contributed by atoms with Crippen LogP contribution in [0.2, 0.25) is 0 Å². The number of hydroxylamine groups is 2. The Kier molecular flexibility index (Phi) is 8.18. The summed E-state index contributed by atoms with van der Waals surface area (Å²) in [6.07, 6.45) is 3.30. The summed E-state index contributed by atoms with van der Waals surface area (Å²) < 4.78 is 5.74. The van der Waals surface area contributed by atoms with E-state index in [1.807, 2.05) is 56.3 Å². The van der Waals surface area contributed by atoms with Crippen LogP contribution in [0.15, 0.2) is 70.7 Å². The van der Waals surface area contributed by atoms with E-state index < -0.39 is 5.66 Å². The van der Waals surface area contributed by atoms with E-state index in [9.17, 15) is 4.79 Å². The first-order valence-electron chi connectivity index (χ1n) is 9.48. The lowest BCUT2D eigenvalue weighted by molar-refractivity contribution is -0.161. The van der Waals surface area contributed by atoms with Gasteiger partial charge in [0.1, 0.15) is 19.0 Å². The van der Waals surface area contributed by atoms with Crippen LogP contribution in [0.1, 0.15) is 29.8 Å². The van der Waals surface area contributed by atoms with Crippen LogP contribution in [-0.4, -0.2) is 41.6 Å². The third-order valence-electron chi connectivity index (χ3n) is 4.24. The predicted molar refractivity (Wildman–Crippen MR) is 124 cm³/mol. The standard InChI is InChI=1S/C22H25N5O3.ClH/c1-22(2)26-20(23)25-21(24)27(22)30-14-13-29-18-10-6-7-16(15-18)11-12-19(28)17-8-4-3-5-9-17;/h3-12,15H,13-14H2,1-2H3,(H4,23,24,25,26);1H/b12-11+;. The molecule has 0 fully saturated rings. The molecular formula is C22H26ClN5O3. The van der Waals surface area contributed by atoms with Gasteiger partial charge >= 0.3 is 0 Å². The third-order valence-corrected chi connectivity index (χ3v) is 4.24. The van der Waals surface area contributed by atoms with E-state index in [0.29, 0.717) is 11.3 Å². The predicted octanol–water partition coefficient (Wildman–Crippen LogP) is 3.00. The van der Waals surface area contributed by atoms with Crippen LogP contribution < -0.4 is 16.2 Å². The van der Waals surface area contributed by atoms with Crippen molar-refractivity contribution in [3.63, 3.8) is 0 Å². The van der Waals surface area contributed by atoms with Crippen molar-refractivity contribution in [2.24, 2.45) is 21.5 Å². The third kappa shape index (κ3) is 6.56. The number of aliphatic imine (C=N–C) groups is 2. The van der Waals surface area contributed by atoms with Crippen molar-refractivity contribution >= 4 is 36.2 Å². The fourth-order valence-corrected chi connectivity index (χ4v) is 2.88. The van der Waals surface area contributed by atoms with Gasteiger partial charge in [0.15, 0.2) is 11.4 Å². The van der Waals surface area contributed by atoms with Crippen LogP contribution in [0.3, 0.4) is 0 Å². The number of halogens is 1. The Morgan fingerprint density at radius 1 is 1.10 bits per heavy atom. The molecule has 1 aliphatic rings. The number of ether oxygens (including phenoxy) is 1. The second-order valence-electron chi connectivity index (χ2n) is 7.05. The Morgan fingerprint density at radius 2 is 1.84 bits per heavy atom. The van der Waals surface area contributed by atoms with Crippen molar-refractivity contribution < 1.29 is 14.4 Å². The molecule has 0 aliphatic carbocycles. The van der Waals surface area contributed by atoms with Crippen LogP contribution >= 0.6 is 12.4 Å². The lowest BCUT2D eigenvalue weighted by Crippen LogP contribution is -2.54. The number of hydrogen-bond donors (Lipinski definition) is 2. The second kappa shape index (κ2) is 10.6. The molecule has 31 heavy (non-hydrogen) atoms. The summed E-state index contributed by atoms with van der Waals surface area (Å²) in [5.41, 5.74) is 12.3. The van der Waals surface area contributed by atoms with Gasteiger partial charge in [-0.1, -0.05) is 48.5 Å². The molecule has 8 nitrogen and oxygen atoms in total. The van der Waals surface area contributed by atoms with Gasteiger partial charge in [-0.05, 0) is 37.6 Å². The second-order valence-corrected chi connectivity index (χ2v) is 7.05. The average Bonchev–Trinajstić information content (AvgIpc) is 2.71. The van der Waals surface area contributed by atoms with E-state index in [2.05, 4.69) is 9.98 Å². The number of ketones is 1. The minimum absolute atomic E-state index is 0. The Hall–Kier alpha value is -3.36. The Balaban J connectivity index is 0.00000341. The molecule has 0 saturated carbocycles. The summed E-state index contributed by atoms with van der Waals surface area (Å²) in [4.78, 5) is 26.0. The molecule has 164 valence electrons. The molecule has 0 aromatic heterocycles. The van der Waals surface area contributed by atoms with Crippen LogP contribution in [-0.2, 0) is 4.84 Å². The minimum Gasteiger partial charge on any atom is -0.491 e. The molecule has 4 N–H and O–H groups in total. The van der Waals surface area contributed by atoms with Crippen molar-refractivity contribution in [2.45, 2.75) is 19.5 Å². The highest BCUT2D eigenvalue weighted by molar-refractivity contribution is 6.06. The smallest absolute Gasteiger partial charge is 0.226 e. The molecule has 0 atom stereocenters. The molecular weight excluding hydrogens is 418 g/mol. The van der Waals surface area contributed by atoms with Crippen molar-refractivity contribution in [1.82, 2.24) is 5.06 Å². The molecule has 0 bridgehead atoms. The minimum atomic E-state index is -0.758. The van der Waals surface area contributed by atoms with Crippen molar-refractivity contribution in [1.29, 1.82) is 0 Å². The largest absolute Gasteiger partial charge is 0.491 e. The summed E-state index contributed by atoms with van der Waals surface area (Å²) in [5, 5.41) is 1.40. The normalized spacial score (nSPS) is 15.1. The van der Waals surface area contributed by atoms with E-state index in [-0.39, 0.29) is 43.3 Å². The lowest BCUT2D eigenvalue weighted by Gasteiger charge is -2.36. The topological polar surface area (TPSA) is 116 Å². The fraction of sp³-hybridized carbons (Fsp3) is 0.227. The number of rotatable bonds is 8. The molecule has 3 rings (SSSR count). The van der Waals surface area contributed by atoms with Crippen molar-refractivity contribution in [3.8, 4) is 5.75 Å². The van der Waals surface area contributed by atoms with Crippen LogP contribution in [0, 0.1) is 0 Å². The average molecular weight is 444 g/mol. The zero-order valence-electron chi connectivity index (χ0n) is 17.4. The maximum absolute atomic E-state index is 12.2. The van der Waals surface area contributed by atoms with Crippen molar-refractivity contribution in [3.05, 3.63) is 71.8 Å². The number of guanidine groups is 2. The SMILES string of the molecule is CC1(C)N=C(N)N=C(N)N1OCCOc1cccc(/C=C/C(=O)c2ccccc2)c1.Cl. The van der Waals surface area contributed by atoms with Gasteiger partial charge in [-0.25, -0.2) is 4.99 Å². The number of carbonyl (C=O) groups excluding carboxylic acids is 1. The molecule has 2 aromatic rings. The summed E-state index contributed by atoms with van der Waals surface area (Å²) >= 11 is 0. The quantitative estimate of drug-likeness (QED) is 0.368. The zero-order valence-corrected chi connectivity index (χ0v) is 18.2. The summed E-state index contributed by atoms with van der Waals surface area (Å²) in [7, 11) is 0. The Bertz CT molecular complexity index is 990. The molecule has 2 aromatic carbocycles. The van der Waals surface area contributed by atoms with E-state index in [4.69, 9.17) is 21.0 Å². The van der Waals surface area contributed by atoms with Gasteiger partial charge in [0.2, 0.25) is 11.9 Å². The van der Waals surface area contributed by atoms with Crippen LogP contribution in [0.5, 0.6) is 5.75 Å². The Morgan fingerprint density at radius 3 is 2.55 bits per heavy atom. The van der Waals surface area contributed by atoms with E-state index >= 15 is 0 Å². The molecule has 0 amide bonds. The highest BCUT2D eigenvalue weighted by Crippen LogP contribution is 2.20. The van der Waals surface area contributed by atoms with E-state index in [1.54, 1.807) is 24.3 Å². The van der Waals surface area contributed by atoms with E-state index in [0.717, 1.165) is 5.56 Å². The summed E-state index contributed by atoms with van der Waals surface area (Å²) in [6, 6.07) is 16.6. The maximum Gasteiger partial charge on any atom is 0.226 e. The highest BCUT2D eigenvalue weighted by Gasteiger charge is 2.33. The maximum atomic E-state index is 12.2. The van der Waals surface area contributed by atoms with Gasteiger partial charge in [0.25, 0.3) is 0 Å². The first-order valence-corrected chi connectivity index (χ1v) is 9.48.